The van der Waals surface area contributed by atoms with Gasteiger partial charge in [-0.3, -0.25) is 9.59 Å². The van der Waals surface area contributed by atoms with Crippen molar-refractivity contribution in [1.82, 2.24) is 5.32 Å². The molecular weight excluding hydrogens is 176 g/mol. The Labute approximate surface area is 75.7 Å². The SMILES string of the molecule is CC(O)CNC(=O)C(N)CC(=O)O. The van der Waals surface area contributed by atoms with Crippen molar-refractivity contribution in [2.75, 3.05) is 6.54 Å². The Morgan fingerprint density at radius 3 is 2.46 bits per heavy atom. The van der Waals surface area contributed by atoms with E-state index >= 15 is 0 Å². The molecule has 0 aromatic rings. The summed E-state index contributed by atoms with van der Waals surface area (Å²) in [6.45, 7) is 1.58. The van der Waals surface area contributed by atoms with Gasteiger partial charge in [-0.05, 0) is 6.92 Å². The average Bonchev–Trinajstić information content (AvgIpc) is 1.98. The molecule has 6 nitrogen and oxygen atoms in total. The molecule has 2 atom stereocenters. The summed E-state index contributed by atoms with van der Waals surface area (Å²) in [7, 11) is 0. The zero-order valence-corrected chi connectivity index (χ0v) is 7.36. The number of carbonyl (C=O) groups is 2. The lowest BCUT2D eigenvalue weighted by molar-refractivity contribution is -0.139. The minimum atomic E-state index is -1.13. The van der Waals surface area contributed by atoms with Crippen molar-refractivity contribution in [2.45, 2.75) is 25.5 Å². The van der Waals surface area contributed by atoms with Crippen molar-refractivity contribution in [1.29, 1.82) is 0 Å². The summed E-state index contributed by atoms with van der Waals surface area (Å²) in [4.78, 5) is 21.1. The van der Waals surface area contributed by atoms with Gasteiger partial charge in [0.25, 0.3) is 0 Å². The van der Waals surface area contributed by atoms with Crippen molar-refractivity contribution in [2.24, 2.45) is 5.73 Å². The number of carboxylic acids is 1. The van der Waals surface area contributed by atoms with E-state index < -0.39 is 30.4 Å². The largest absolute Gasteiger partial charge is 0.481 e. The second-order valence-electron chi connectivity index (χ2n) is 2.80. The number of aliphatic hydroxyl groups is 1. The van der Waals surface area contributed by atoms with E-state index in [2.05, 4.69) is 5.32 Å². The fraction of sp³-hybridized carbons (Fsp3) is 0.714. The first-order valence-corrected chi connectivity index (χ1v) is 3.86. The molecule has 0 radical (unpaired) electrons. The monoisotopic (exact) mass is 190 g/mol. The molecule has 0 heterocycles. The first kappa shape index (κ1) is 11.9. The van der Waals surface area contributed by atoms with Gasteiger partial charge in [-0.2, -0.15) is 0 Å². The van der Waals surface area contributed by atoms with E-state index in [9.17, 15) is 9.59 Å². The molecule has 0 rings (SSSR count). The van der Waals surface area contributed by atoms with Crippen LogP contribution in [0.5, 0.6) is 0 Å². The number of carboxylic acid groups (broad SMARTS) is 1. The van der Waals surface area contributed by atoms with Crippen molar-refractivity contribution in [3.8, 4) is 0 Å². The molecule has 0 fully saturated rings. The molecule has 0 bridgehead atoms. The van der Waals surface area contributed by atoms with Crippen LogP contribution in [0, 0.1) is 0 Å². The van der Waals surface area contributed by atoms with Crippen LogP contribution < -0.4 is 11.1 Å². The minimum absolute atomic E-state index is 0.0755. The predicted octanol–water partition coefficient (Wildman–Crippen LogP) is -1.71. The lowest BCUT2D eigenvalue weighted by atomic mass is 10.2. The Bertz CT molecular complexity index is 193. The number of nitrogens with one attached hydrogen (secondary N) is 1. The number of nitrogens with two attached hydrogens (primary N) is 1. The van der Waals surface area contributed by atoms with Crippen LogP contribution in [0.3, 0.4) is 0 Å². The van der Waals surface area contributed by atoms with E-state index in [0.29, 0.717) is 0 Å². The molecule has 1 amide bonds. The number of carbonyl (C=O) groups excluding carboxylic acids is 1. The second-order valence-corrected chi connectivity index (χ2v) is 2.80. The maximum Gasteiger partial charge on any atom is 0.305 e. The molecule has 0 saturated heterocycles. The molecule has 0 aliphatic carbocycles. The summed E-state index contributed by atoms with van der Waals surface area (Å²) in [6, 6.07) is -1.06. The van der Waals surface area contributed by atoms with Crippen LogP contribution in [-0.4, -0.2) is 40.8 Å². The molecule has 76 valence electrons. The quantitative estimate of drug-likeness (QED) is 0.412. The highest BCUT2D eigenvalue weighted by atomic mass is 16.4. The van der Waals surface area contributed by atoms with Crippen LogP contribution >= 0.6 is 0 Å². The fourth-order valence-electron chi connectivity index (χ4n) is 0.660. The zero-order chi connectivity index (χ0) is 10.4. The van der Waals surface area contributed by atoms with Crippen molar-refractivity contribution < 1.29 is 19.8 Å². The highest BCUT2D eigenvalue weighted by Gasteiger charge is 2.16. The zero-order valence-electron chi connectivity index (χ0n) is 7.36. The average molecular weight is 190 g/mol. The maximum atomic E-state index is 11.0. The molecule has 6 heteroatoms. The van der Waals surface area contributed by atoms with Crippen LogP contribution in [-0.2, 0) is 9.59 Å². The number of amides is 1. The first-order chi connectivity index (χ1) is 5.93. The normalized spacial score (nSPS) is 14.7. The highest BCUT2D eigenvalue weighted by Crippen LogP contribution is 1.88. The molecule has 0 aromatic carbocycles. The van der Waals surface area contributed by atoms with Gasteiger partial charge in [-0.25, -0.2) is 0 Å². The molecular formula is C7H14N2O4. The third-order valence-electron chi connectivity index (χ3n) is 1.30. The van der Waals surface area contributed by atoms with Crippen molar-refractivity contribution >= 4 is 11.9 Å². The van der Waals surface area contributed by atoms with E-state index in [4.69, 9.17) is 15.9 Å². The molecule has 5 N–H and O–H groups in total. The standard InChI is InChI=1S/C7H14N2O4/c1-4(10)3-9-7(13)5(8)2-6(11)12/h4-5,10H,2-3,8H2,1H3,(H,9,13)(H,11,12). The second kappa shape index (κ2) is 5.50. The summed E-state index contributed by atoms with van der Waals surface area (Å²) in [5, 5.41) is 19.4. The Morgan fingerprint density at radius 2 is 2.08 bits per heavy atom. The molecule has 0 aliphatic heterocycles. The van der Waals surface area contributed by atoms with E-state index in [1.807, 2.05) is 0 Å². The Hall–Kier alpha value is -1.14. The lowest BCUT2D eigenvalue weighted by Gasteiger charge is -2.10. The Morgan fingerprint density at radius 1 is 1.54 bits per heavy atom. The smallest absolute Gasteiger partial charge is 0.305 e. The maximum absolute atomic E-state index is 11.0. The summed E-state index contributed by atoms with van der Waals surface area (Å²) in [6.07, 6.45) is -1.08. The molecule has 0 spiro atoms. The Kier molecular flexibility index (Phi) is 5.01. The van der Waals surface area contributed by atoms with Crippen LogP contribution in [0.1, 0.15) is 13.3 Å². The van der Waals surface area contributed by atoms with Gasteiger partial charge in [-0.15, -0.1) is 0 Å². The van der Waals surface area contributed by atoms with E-state index in [-0.39, 0.29) is 6.54 Å². The van der Waals surface area contributed by atoms with Gasteiger partial charge in [0.05, 0.1) is 18.6 Å². The third kappa shape index (κ3) is 6.06. The number of aliphatic carboxylic acids is 1. The van der Waals surface area contributed by atoms with Gasteiger partial charge in [0.1, 0.15) is 0 Å². The highest BCUT2D eigenvalue weighted by molar-refractivity contribution is 5.85. The van der Waals surface area contributed by atoms with Crippen LogP contribution in [0.4, 0.5) is 0 Å². The van der Waals surface area contributed by atoms with Crippen LogP contribution in [0.25, 0.3) is 0 Å². The Balaban J connectivity index is 3.76. The van der Waals surface area contributed by atoms with Gasteiger partial charge in [0.2, 0.25) is 5.91 Å². The van der Waals surface area contributed by atoms with Gasteiger partial charge >= 0.3 is 5.97 Å². The van der Waals surface area contributed by atoms with Gasteiger partial charge in [0, 0.05) is 6.54 Å². The van der Waals surface area contributed by atoms with Crippen LogP contribution in [0.2, 0.25) is 0 Å². The molecule has 0 aliphatic rings. The predicted molar refractivity (Wildman–Crippen MR) is 44.9 cm³/mol. The number of aliphatic hydroxyl groups excluding tert-OH is 1. The van der Waals surface area contributed by atoms with Crippen molar-refractivity contribution in [3.63, 3.8) is 0 Å². The molecule has 13 heavy (non-hydrogen) atoms. The summed E-state index contributed by atoms with van der Waals surface area (Å²) >= 11 is 0. The summed E-state index contributed by atoms with van der Waals surface area (Å²) < 4.78 is 0. The van der Waals surface area contributed by atoms with E-state index in [1.165, 1.54) is 6.92 Å². The molecule has 0 aromatic heterocycles. The molecule has 2 unspecified atom stereocenters. The number of hydrogen-bond acceptors (Lipinski definition) is 4. The lowest BCUT2D eigenvalue weighted by Crippen LogP contribution is -2.44. The minimum Gasteiger partial charge on any atom is -0.481 e. The van der Waals surface area contributed by atoms with Crippen molar-refractivity contribution in [3.05, 3.63) is 0 Å². The van der Waals surface area contributed by atoms with Gasteiger partial charge < -0.3 is 21.3 Å². The number of rotatable bonds is 5. The summed E-state index contributed by atoms with van der Waals surface area (Å²) in [5.74, 6) is -1.69. The van der Waals surface area contributed by atoms with Crippen LogP contribution in [0.15, 0.2) is 0 Å². The molecule has 0 saturated carbocycles. The topological polar surface area (TPSA) is 113 Å². The third-order valence-corrected chi connectivity index (χ3v) is 1.30. The van der Waals surface area contributed by atoms with Gasteiger partial charge in [0.15, 0.2) is 0 Å². The van der Waals surface area contributed by atoms with Gasteiger partial charge in [-0.1, -0.05) is 0 Å². The first-order valence-electron chi connectivity index (χ1n) is 3.86. The summed E-state index contributed by atoms with van der Waals surface area (Å²) in [5.41, 5.74) is 5.23. The van der Waals surface area contributed by atoms with E-state index in [0.717, 1.165) is 0 Å². The van der Waals surface area contributed by atoms with E-state index in [1.54, 1.807) is 0 Å². The fourth-order valence-corrected chi connectivity index (χ4v) is 0.660. The number of hydrogen-bond donors (Lipinski definition) is 4.